The summed E-state index contributed by atoms with van der Waals surface area (Å²) in [5, 5.41) is 11.0. The van der Waals surface area contributed by atoms with E-state index in [0.29, 0.717) is 31.8 Å². The maximum atomic E-state index is 12.8. The maximum absolute atomic E-state index is 12.8. The summed E-state index contributed by atoms with van der Waals surface area (Å²) >= 11 is 0. The maximum Gasteiger partial charge on any atom is 0.272 e. The number of carbonyl (C=O) groups excluding carboxylic acids is 2. The summed E-state index contributed by atoms with van der Waals surface area (Å²) < 4.78 is 5.19. The molecule has 0 unspecified atom stereocenters. The van der Waals surface area contributed by atoms with E-state index in [0.717, 1.165) is 36.6 Å². The molecule has 144 valence electrons. The number of aromatic amines is 1. The molecule has 7 heteroatoms. The molecule has 1 aliphatic carbocycles. The summed E-state index contributed by atoms with van der Waals surface area (Å²) in [5.74, 6) is 0.0482. The third kappa shape index (κ3) is 3.20. The van der Waals surface area contributed by atoms with Crippen LogP contribution in [0.15, 0.2) is 24.3 Å². The van der Waals surface area contributed by atoms with Gasteiger partial charge in [-0.2, -0.15) is 5.10 Å². The molecule has 1 saturated carbocycles. The Balaban J connectivity index is 1.49. The van der Waals surface area contributed by atoms with Crippen molar-refractivity contribution in [2.75, 3.05) is 26.8 Å². The van der Waals surface area contributed by atoms with Gasteiger partial charge in [0.15, 0.2) is 5.69 Å². The molecular formula is C20H26N4O3. The number of likely N-dealkylation sites (tertiary alicyclic amines) is 1. The molecule has 0 spiro atoms. The molecule has 2 fully saturated rings. The van der Waals surface area contributed by atoms with Gasteiger partial charge in [-0.1, -0.05) is 24.6 Å². The van der Waals surface area contributed by atoms with Gasteiger partial charge in [0, 0.05) is 43.5 Å². The highest BCUT2D eigenvalue weighted by atomic mass is 16.5. The Kier molecular flexibility index (Phi) is 4.86. The number of nitrogens with zero attached hydrogens (tertiary/aromatic N) is 2. The second-order valence-electron chi connectivity index (χ2n) is 7.65. The summed E-state index contributed by atoms with van der Waals surface area (Å²) in [7, 11) is 1.66. The summed E-state index contributed by atoms with van der Waals surface area (Å²) in [5.41, 5.74) is 1.25. The lowest BCUT2D eigenvalue weighted by atomic mass is 9.74. The molecule has 4 rings (SSSR count). The molecule has 0 radical (unpaired) electrons. The molecule has 1 aromatic carbocycles. The summed E-state index contributed by atoms with van der Waals surface area (Å²) in [6.45, 7) is 1.75. The van der Waals surface area contributed by atoms with Gasteiger partial charge in [-0.15, -0.1) is 0 Å². The van der Waals surface area contributed by atoms with Crippen molar-refractivity contribution in [3.05, 3.63) is 30.0 Å². The predicted molar refractivity (Wildman–Crippen MR) is 101 cm³/mol. The van der Waals surface area contributed by atoms with Crippen molar-refractivity contribution in [1.82, 2.24) is 20.4 Å². The number of H-pyrrole nitrogens is 1. The van der Waals surface area contributed by atoms with E-state index in [-0.39, 0.29) is 23.3 Å². The second-order valence-corrected chi connectivity index (χ2v) is 7.65. The molecule has 2 aliphatic rings. The minimum Gasteiger partial charge on any atom is -0.383 e. The van der Waals surface area contributed by atoms with Gasteiger partial charge in [-0.05, 0) is 25.3 Å². The van der Waals surface area contributed by atoms with Crippen LogP contribution in [0.5, 0.6) is 0 Å². The Bertz CT molecular complexity index is 849. The molecule has 1 aromatic heterocycles. The Morgan fingerprint density at radius 3 is 3.11 bits per heavy atom. The van der Waals surface area contributed by atoms with Crippen LogP contribution in [0.25, 0.3) is 10.9 Å². The minimum absolute atomic E-state index is 0.0383. The first kappa shape index (κ1) is 18.0. The van der Waals surface area contributed by atoms with Crippen molar-refractivity contribution in [3.8, 4) is 0 Å². The molecule has 1 saturated heterocycles. The smallest absolute Gasteiger partial charge is 0.272 e. The van der Waals surface area contributed by atoms with Crippen LogP contribution in [0.4, 0.5) is 0 Å². The zero-order valence-electron chi connectivity index (χ0n) is 15.7. The summed E-state index contributed by atoms with van der Waals surface area (Å²) in [6, 6.07) is 7.81. The average molecular weight is 370 g/mol. The van der Waals surface area contributed by atoms with Gasteiger partial charge in [-0.3, -0.25) is 14.7 Å². The van der Waals surface area contributed by atoms with Gasteiger partial charge >= 0.3 is 0 Å². The van der Waals surface area contributed by atoms with Gasteiger partial charge in [0.2, 0.25) is 5.91 Å². The quantitative estimate of drug-likeness (QED) is 0.815. The molecule has 2 N–H and O–H groups in total. The van der Waals surface area contributed by atoms with Crippen LogP contribution in [0, 0.1) is 5.41 Å². The molecule has 2 amide bonds. The standard InChI is InChI=1S/C20H26N4O3/c1-27-12-11-24-16-7-4-9-20(16,10-8-17(24)25)13-21-19(26)18-14-5-2-3-6-15(14)22-23-18/h2-3,5-6,16H,4,7-13H2,1H3,(H,21,26)(H,22,23)/t16-,20+/m1/s1. The Morgan fingerprint density at radius 1 is 1.41 bits per heavy atom. The molecule has 2 aromatic rings. The normalized spacial score (nSPS) is 25.0. The van der Waals surface area contributed by atoms with Crippen molar-refractivity contribution in [2.45, 2.75) is 38.1 Å². The number of methoxy groups -OCH3 is 1. The monoisotopic (exact) mass is 370 g/mol. The van der Waals surface area contributed by atoms with Gasteiger partial charge in [0.25, 0.3) is 5.91 Å². The Hall–Kier alpha value is -2.41. The van der Waals surface area contributed by atoms with Gasteiger partial charge in [0.05, 0.1) is 12.1 Å². The highest BCUT2D eigenvalue weighted by molar-refractivity contribution is 6.04. The van der Waals surface area contributed by atoms with Crippen molar-refractivity contribution in [2.24, 2.45) is 5.41 Å². The van der Waals surface area contributed by atoms with Crippen LogP contribution in [0.2, 0.25) is 0 Å². The van der Waals surface area contributed by atoms with E-state index in [9.17, 15) is 9.59 Å². The van der Waals surface area contributed by atoms with Crippen LogP contribution in [0.3, 0.4) is 0 Å². The van der Waals surface area contributed by atoms with Gasteiger partial charge in [0.1, 0.15) is 0 Å². The first-order valence-electron chi connectivity index (χ1n) is 9.64. The van der Waals surface area contributed by atoms with E-state index in [1.165, 1.54) is 0 Å². The molecule has 2 heterocycles. The Labute approximate surface area is 158 Å². The fourth-order valence-corrected chi connectivity index (χ4v) is 4.81. The van der Waals surface area contributed by atoms with Crippen LogP contribution in [-0.2, 0) is 9.53 Å². The molecule has 0 bridgehead atoms. The highest BCUT2D eigenvalue weighted by Crippen LogP contribution is 2.47. The average Bonchev–Trinajstić information content (AvgIpc) is 3.30. The van der Waals surface area contributed by atoms with Crippen molar-refractivity contribution < 1.29 is 14.3 Å². The van der Waals surface area contributed by atoms with Crippen molar-refractivity contribution in [3.63, 3.8) is 0 Å². The number of benzene rings is 1. The van der Waals surface area contributed by atoms with Crippen LogP contribution in [0.1, 0.15) is 42.6 Å². The number of amides is 2. The largest absolute Gasteiger partial charge is 0.383 e. The number of fused-ring (bicyclic) bond motifs is 2. The number of para-hydroxylation sites is 1. The van der Waals surface area contributed by atoms with E-state index in [2.05, 4.69) is 15.5 Å². The number of hydrogen-bond donors (Lipinski definition) is 2. The third-order valence-electron chi connectivity index (χ3n) is 6.22. The Morgan fingerprint density at radius 2 is 2.26 bits per heavy atom. The van der Waals surface area contributed by atoms with Crippen LogP contribution >= 0.6 is 0 Å². The third-order valence-corrected chi connectivity index (χ3v) is 6.22. The first-order chi connectivity index (χ1) is 13.1. The SMILES string of the molecule is COCCN1C(=O)CC[C@]2(CNC(=O)c3n[nH]c4ccccc34)CCC[C@@H]12. The lowest BCUT2D eigenvalue weighted by Gasteiger charge is -2.46. The van der Waals surface area contributed by atoms with Crippen molar-refractivity contribution in [1.29, 1.82) is 0 Å². The van der Waals surface area contributed by atoms with E-state index >= 15 is 0 Å². The summed E-state index contributed by atoms with van der Waals surface area (Å²) in [4.78, 5) is 27.2. The molecule has 7 nitrogen and oxygen atoms in total. The number of hydrogen-bond acceptors (Lipinski definition) is 4. The van der Waals surface area contributed by atoms with Crippen LogP contribution < -0.4 is 5.32 Å². The molecular weight excluding hydrogens is 344 g/mol. The van der Waals surface area contributed by atoms with E-state index < -0.39 is 0 Å². The number of piperidine rings is 1. The fourth-order valence-electron chi connectivity index (χ4n) is 4.81. The number of nitrogens with one attached hydrogen (secondary N) is 2. The number of aromatic nitrogens is 2. The van der Waals surface area contributed by atoms with E-state index in [4.69, 9.17) is 4.74 Å². The van der Waals surface area contributed by atoms with Crippen LogP contribution in [-0.4, -0.2) is 59.8 Å². The second kappa shape index (κ2) is 7.31. The molecule has 1 aliphatic heterocycles. The lowest BCUT2D eigenvalue weighted by Crippen LogP contribution is -2.56. The lowest BCUT2D eigenvalue weighted by molar-refractivity contribution is -0.142. The van der Waals surface area contributed by atoms with Gasteiger partial charge < -0.3 is 15.0 Å². The van der Waals surface area contributed by atoms with Crippen molar-refractivity contribution >= 4 is 22.7 Å². The highest BCUT2D eigenvalue weighted by Gasteiger charge is 2.50. The first-order valence-corrected chi connectivity index (χ1v) is 9.64. The minimum atomic E-state index is -0.159. The predicted octanol–water partition coefficient (Wildman–Crippen LogP) is 2.10. The number of ether oxygens (including phenoxy) is 1. The number of carbonyl (C=O) groups is 2. The molecule has 2 atom stereocenters. The van der Waals surface area contributed by atoms with E-state index in [1.54, 1.807) is 7.11 Å². The van der Waals surface area contributed by atoms with Gasteiger partial charge in [-0.25, -0.2) is 0 Å². The zero-order chi connectivity index (χ0) is 18.9. The molecule has 27 heavy (non-hydrogen) atoms. The summed E-state index contributed by atoms with van der Waals surface area (Å²) in [6.07, 6.45) is 4.50. The topological polar surface area (TPSA) is 87.3 Å². The zero-order valence-corrected chi connectivity index (χ0v) is 15.7. The van der Waals surface area contributed by atoms with E-state index in [1.807, 2.05) is 29.2 Å². The fraction of sp³-hybridized carbons (Fsp3) is 0.550. The number of rotatable bonds is 6.